The quantitative estimate of drug-likeness (QED) is 0.724. The maximum Gasteiger partial charge on any atom is 0.217 e. The van der Waals surface area contributed by atoms with E-state index in [-0.39, 0.29) is 11.7 Å². The van der Waals surface area contributed by atoms with Gasteiger partial charge >= 0.3 is 0 Å². The zero-order chi connectivity index (χ0) is 10.7. The average Bonchev–Trinajstić information content (AvgIpc) is 3.04. The molecule has 1 heterocycles. The Morgan fingerprint density at radius 1 is 1.53 bits per heavy atom. The second-order valence-electron chi connectivity index (χ2n) is 3.83. The lowest BCUT2D eigenvalue weighted by Gasteiger charge is -2.07. The minimum absolute atomic E-state index is 0.226. The molecule has 0 unspecified atom stereocenters. The summed E-state index contributed by atoms with van der Waals surface area (Å²) in [6.45, 7) is 0.646. The van der Waals surface area contributed by atoms with Crippen LogP contribution in [0.25, 0.3) is 0 Å². The summed E-state index contributed by atoms with van der Waals surface area (Å²) in [4.78, 5) is 3.88. The standard InChI is InChI=1S/C11H13ClFNO/c12-6-9-5-10(13)7-14-11(9)15-4-3-8-1-2-8/h5,7-8H,1-4,6H2. The minimum Gasteiger partial charge on any atom is -0.477 e. The van der Waals surface area contributed by atoms with Crippen molar-refractivity contribution in [2.24, 2.45) is 5.92 Å². The molecular weight excluding hydrogens is 217 g/mol. The van der Waals surface area contributed by atoms with Gasteiger partial charge in [0.25, 0.3) is 0 Å². The van der Waals surface area contributed by atoms with E-state index in [1.54, 1.807) is 0 Å². The van der Waals surface area contributed by atoms with Crippen LogP contribution in [0.5, 0.6) is 5.88 Å². The predicted octanol–water partition coefficient (Wildman–Crippen LogP) is 3.14. The van der Waals surface area contributed by atoms with Gasteiger partial charge in [0.2, 0.25) is 5.88 Å². The smallest absolute Gasteiger partial charge is 0.217 e. The molecule has 4 heteroatoms. The van der Waals surface area contributed by atoms with Gasteiger partial charge in [0.15, 0.2) is 0 Å². The van der Waals surface area contributed by atoms with Crippen LogP contribution in [-0.2, 0) is 5.88 Å². The molecule has 0 N–H and O–H groups in total. The molecule has 1 aliphatic carbocycles. The van der Waals surface area contributed by atoms with Gasteiger partial charge in [-0.1, -0.05) is 12.8 Å². The summed E-state index contributed by atoms with van der Waals surface area (Å²) < 4.78 is 18.3. The van der Waals surface area contributed by atoms with Gasteiger partial charge < -0.3 is 4.74 Å². The molecule has 0 aliphatic heterocycles. The number of rotatable bonds is 5. The van der Waals surface area contributed by atoms with Crippen LogP contribution in [0.4, 0.5) is 4.39 Å². The third kappa shape index (κ3) is 3.06. The number of pyridine rings is 1. The van der Waals surface area contributed by atoms with Crippen LogP contribution in [-0.4, -0.2) is 11.6 Å². The first kappa shape index (κ1) is 10.7. The Bertz CT molecular complexity index is 341. The molecule has 0 saturated heterocycles. The molecule has 0 atom stereocenters. The van der Waals surface area contributed by atoms with Crippen molar-refractivity contribution in [3.05, 3.63) is 23.6 Å². The third-order valence-corrected chi connectivity index (χ3v) is 2.79. The van der Waals surface area contributed by atoms with Crippen molar-refractivity contribution in [3.63, 3.8) is 0 Å². The lowest BCUT2D eigenvalue weighted by atomic mass is 10.3. The summed E-state index contributed by atoms with van der Waals surface area (Å²) >= 11 is 5.67. The van der Waals surface area contributed by atoms with Crippen molar-refractivity contribution in [2.45, 2.75) is 25.1 Å². The number of aromatic nitrogens is 1. The maximum atomic E-state index is 12.8. The van der Waals surface area contributed by atoms with Crippen molar-refractivity contribution < 1.29 is 9.13 Å². The summed E-state index contributed by atoms with van der Waals surface area (Å²) in [6, 6.07) is 1.37. The Hall–Kier alpha value is -0.830. The fourth-order valence-electron chi connectivity index (χ4n) is 1.42. The van der Waals surface area contributed by atoms with Gasteiger partial charge in [0.1, 0.15) is 5.82 Å². The molecule has 1 saturated carbocycles. The molecule has 2 rings (SSSR count). The highest BCUT2D eigenvalue weighted by molar-refractivity contribution is 6.17. The predicted molar refractivity (Wildman–Crippen MR) is 56.6 cm³/mol. The number of alkyl halides is 1. The number of halogens is 2. The molecule has 2 nitrogen and oxygen atoms in total. The molecule has 1 fully saturated rings. The molecule has 0 spiro atoms. The van der Waals surface area contributed by atoms with Gasteiger partial charge in [0, 0.05) is 5.56 Å². The third-order valence-electron chi connectivity index (χ3n) is 2.50. The first-order valence-corrected chi connectivity index (χ1v) is 5.66. The van der Waals surface area contributed by atoms with E-state index in [0.717, 1.165) is 18.5 Å². The summed E-state index contributed by atoms with van der Waals surface area (Å²) in [6.07, 6.45) is 4.83. The van der Waals surface area contributed by atoms with E-state index in [2.05, 4.69) is 4.98 Å². The number of ether oxygens (including phenoxy) is 1. The molecule has 82 valence electrons. The molecule has 0 amide bonds. The van der Waals surface area contributed by atoms with Crippen molar-refractivity contribution in [1.82, 2.24) is 4.98 Å². The van der Waals surface area contributed by atoms with Crippen LogP contribution in [0, 0.1) is 11.7 Å². The van der Waals surface area contributed by atoms with Crippen LogP contribution in [0.1, 0.15) is 24.8 Å². The molecule has 1 aromatic heterocycles. The van der Waals surface area contributed by atoms with Gasteiger partial charge in [0.05, 0.1) is 18.7 Å². The van der Waals surface area contributed by atoms with Crippen molar-refractivity contribution in [2.75, 3.05) is 6.61 Å². The normalized spacial score (nSPS) is 15.3. The van der Waals surface area contributed by atoms with Crippen LogP contribution >= 0.6 is 11.6 Å². The monoisotopic (exact) mass is 229 g/mol. The average molecular weight is 230 g/mol. The Kier molecular flexibility index (Phi) is 3.41. The van der Waals surface area contributed by atoms with Gasteiger partial charge in [-0.3, -0.25) is 0 Å². The lowest BCUT2D eigenvalue weighted by molar-refractivity contribution is 0.288. The van der Waals surface area contributed by atoms with Crippen LogP contribution in [0.2, 0.25) is 0 Å². The van der Waals surface area contributed by atoms with Crippen molar-refractivity contribution in [3.8, 4) is 5.88 Å². The second-order valence-corrected chi connectivity index (χ2v) is 4.10. The molecule has 0 bridgehead atoms. The summed E-state index contributed by atoms with van der Waals surface area (Å²) in [7, 11) is 0. The number of hydrogen-bond acceptors (Lipinski definition) is 2. The zero-order valence-corrected chi connectivity index (χ0v) is 9.13. The Morgan fingerprint density at radius 2 is 2.33 bits per heavy atom. The molecule has 1 aromatic rings. The van der Waals surface area contributed by atoms with E-state index in [1.807, 2.05) is 0 Å². The minimum atomic E-state index is -0.375. The van der Waals surface area contributed by atoms with Gasteiger partial charge in [-0.15, -0.1) is 11.6 Å². The maximum absolute atomic E-state index is 12.8. The van der Waals surface area contributed by atoms with E-state index in [1.165, 1.54) is 18.9 Å². The van der Waals surface area contributed by atoms with Crippen LogP contribution in [0.3, 0.4) is 0 Å². The largest absolute Gasteiger partial charge is 0.477 e. The van der Waals surface area contributed by atoms with E-state index in [0.29, 0.717) is 18.1 Å². The summed E-state index contributed by atoms with van der Waals surface area (Å²) in [5.74, 6) is 1.14. The SMILES string of the molecule is Fc1cnc(OCCC2CC2)c(CCl)c1. The molecule has 1 aliphatic rings. The highest BCUT2D eigenvalue weighted by Gasteiger charge is 2.21. The Morgan fingerprint density at radius 3 is 3.00 bits per heavy atom. The molecule has 0 aromatic carbocycles. The fraction of sp³-hybridized carbons (Fsp3) is 0.545. The number of nitrogens with zero attached hydrogens (tertiary/aromatic N) is 1. The Labute approximate surface area is 93.4 Å². The lowest BCUT2D eigenvalue weighted by Crippen LogP contribution is -2.02. The highest BCUT2D eigenvalue weighted by atomic mass is 35.5. The van der Waals surface area contributed by atoms with E-state index < -0.39 is 0 Å². The highest BCUT2D eigenvalue weighted by Crippen LogP contribution is 2.32. The topological polar surface area (TPSA) is 22.1 Å². The summed E-state index contributed by atoms with van der Waals surface area (Å²) in [5, 5.41) is 0. The second kappa shape index (κ2) is 4.79. The first-order valence-electron chi connectivity index (χ1n) is 5.13. The number of hydrogen-bond donors (Lipinski definition) is 0. The van der Waals surface area contributed by atoms with Crippen molar-refractivity contribution >= 4 is 11.6 Å². The van der Waals surface area contributed by atoms with Crippen molar-refractivity contribution in [1.29, 1.82) is 0 Å². The fourth-order valence-corrected chi connectivity index (χ4v) is 1.61. The van der Waals surface area contributed by atoms with Gasteiger partial charge in [-0.2, -0.15) is 0 Å². The van der Waals surface area contributed by atoms with Crippen LogP contribution < -0.4 is 4.74 Å². The van der Waals surface area contributed by atoms with Crippen LogP contribution in [0.15, 0.2) is 12.3 Å². The van der Waals surface area contributed by atoms with Gasteiger partial charge in [-0.05, 0) is 18.4 Å². The zero-order valence-electron chi connectivity index (χ0n) is 8.38. The molecular formula is C11H13ClFNO. The van der Waals surface area contributed by atoms with E-state index in [9.17, 15) is 4.39 Å². The van der Waals surface area contributed by atoms with E-state index >= 15 is 0 Å². The summed E-state index contributed by atoms with van der Waals surface area (Å²) in [5.41, 5.74) is 0.618. The molecule has 15 heavy (non-hydrogen) atoms. The van der Waals surface area contributed by atoms with Gasteiger partial charge in [-0.25, -0.2) is 9.37 Å². The van der Waals surface area contributed by atoms with E-state index in [4.69, 9.17) is 16.3 Å². The first-order chi connectivity index (χ1) is 7.29. The molecule has 0 radical (unpaired) electrons. The Balaban J connectivity index is 1.92.